The predicted molar refractivity (Wildman–Crippen MR) is 83.8 cm³/mol. The molecular weight excluding hydrogens is 268 g/mol. The number of fused-ring (bicyclic) bond motifs is 2. The summed E-state index contributed by atoms with van der Waals surface area (Å²) in [6.07, 6.45) is 6.70. The lowest BCUT2D eigenvalue weighted by atomic mass is 9.99. The van der Waals surface area contributed by atoms with E-state index in [1.165, 1.54) is 12.8 Å². The zero-order valence-corrected chi connectivity index (χ0v) is 12.7. The van der Waals surface area contributed by atoms with Crippen molar-refractivity contribution in [3.05, 3.63) is 35.9 Å². The molecule has 108 valence electrons. The molecule has 3 atom stereocenters. The Balaban J connectivity index is 1.63. The number of benzene rings is 1. The Bertz CT molecular complexity index is 453. The molecule has 3 nitrogen and oxygen atoms in total. The summed E-state index contributed by atoms with van der Waals surface area (Å²) in [5.74, 6) is 0.162. The summed E-state index contributed by atoms with van der Waals surface area (Å²) in [5, 5.41) is 6.79. The monoisotopic (exact) mass is 290 g/mol. The van der Waals surface area contributed by atoms with E-state index in [1.807, 2.05) is 36.6 Å². The number of hydrogen-bond donors (Lipinski definition) is 2. The fraction of sp³-hybridized carbons (Fsp3) is 0.562. The highest BCUT2D eigenvalue weighted by Crippen LogP contribution is 2.30. The number of carbonyl (C=O) groups excluding carboxylic acids is 1. The van der Waals surface area contributed by atoms with Crippen molar-refractivity contribution in [2.24, 2.45) is 0 Å². The largest absolute Gasteiger partial charge is 0.352 e. The molecule has 2 aliphatic heterocycles. The predicted octanol–water partition coefficient (Wildman–Crippen LogP) is 2.49. The number of nitrogens with one attached hydrogen (secondary N) is 2. The maximum atomic E-state index is 12.5. The standard InChI is InChI=1S/C16H22N2OS/c1-20-15(11-5-3-2-4-6-11)16(19)18-14-9-12-7-8-13(10-14)17-12/h2-6,12-15,17H,7-10H2,1H3,(H,18,19). The molecule has 2 bridgehead atoms. The molecule has 3 unspecified atom stereocenters. The van der Waals surface area contributed by atoms with E-state index in [-0.39, 0.29) is 11.2 Å². The lowest BCUT2D eigenvalue weighted by molar-refractivity contribution is -0.121. The Morgan fingerprint density at radius 1 is 1.25 bits per heavy atom. The molecule has 4 heteroatoms. The molecule has 2 saturated heterocycles. The number of hydrogen-bond acceptors (Lipinski definition) is 3. The lowest BCUT2D eigenvalue weighted by Crippen LogP contribution is -2.48. The van der Waals surface area contributed by atoms with Gasteiger partial charge in [0.25, 0.3) is 0 Å². The van der Waals surface area contributed by atoms with Crippen LogP contribution < -0.4 is 10.6 Å². The second-order valence-corrected chi connectivity index (χ2v) is 6.78. The van der Waals surface area contributed by atoms with E-state index in [1.54, 1.807) is 11.8 Å². The van der Waals surface area contributed by atoms with E-state index in [0.717, 1.165) is 18.4 Å². The van der Waals surface area contributed by atoms with Gasteiger partial charge in [-0.3, -0.25) is 4.79 Å². The van der Waals surface area contributed by atoms with Crippen molar-refractivity contribution in [3.8, 4) is 0 Å². The molecule has 2 fully saturated rings. The summed E-state index contributed by atoms with van der Waals surface area (Å²) >= 11 is 1.61. The van der Waals surface area contributed by atoms with E-state index >= 15 is 0 Å². The minimum absolute atomic E-state index is 0.0938. The minimum atomic E-state index is -0.0938. The molecule has 0 aliphatic carbocycles. The summed E-state index contributed by atoms with van der Waals surface area (Å²) in [7, 11) is 0. The first kappa shape index (κ1) is 14.0. The lowest BCUT2D eigenvalue weighted by Gasteiger charge is -2.30. The Hall–Kier alpha value is -1.00. The van der Waals surface area contributed by atoms with Gasteiger partial charge < -0.3 is 10.6 Å². The van der Waals surface area contributed by atoms with Crippen molar-refractivity contribution >= 4 is 17.7 Å². The van der Waals surface area contributed by atoms with Gasteiger partial charge in [-0.1, -0.05) is 30.3 Å². The molecule has 1 amide bonds. The second-order valence-electron chi connectivity index (χ2n) is 5.84. The van der Waals surface area contributed by atoms with Crippen LogP contribution in [0.5, 0.6) is 0 Å². The van der Waals surface area contributed by atoms with Gasteiger partial charge in [-0.25, -0.2) is 0 Å². The molecule has 2 N–H and O–H groups in total. The van der Waals surface area contributed by atoms with Gasteiger partial charge in [0, 0.05) is 18.1 Å². The molecule has 3 rings (SSSR count). The van der Waals surface area contributed by atoms with Crippen LogP contribution in [0.4, 0.5) is 0 Å². The Morgan fingerprint density at radius 2 is 1.90 bits per heavy atom. The molecule has 2 aliphatic rings. The summed E-state index contributed by atoms with van der Waals surface area (Å²) in [4.78, 5) is 12.5. The summed E-state index contributed by atoms with van der Waals surface area (Å²) in [5.41, 5.74) is 1.09. The van der Waals surface area contributed by atoms with Crippen LogP contribution in [0.15, 0.2) is 30.3 Å². The maximum absolute atomic E-state index is 12.5. The van der Waals surface area contributed by atoms with Crippen molar-refractivity contribution < 1.29 is 4.79 Å². The first-order valence-electron chi connectivity index (χ1n) is 7.40. The van der Waals surface area contributed by atoms with Gasteiger partial charge in [0.1, 0.15) is 5.25 Å². The molecule has 0 radical (unpaired) electrons. The second kappa shape index (κ2) is 6.19. The Labute approximate surface area is 124 Å². The van der Waals surface area contributed by atoms with Crippen LogP contribution in [0.3, 0.4) is 0 Å². The smallest absolute Gasteiger partial charge is 0.237 e. The third-order valence-corrected chi connectivity index (χ3v) is 5.35. The third-order valence-electron chi connectivity index (χ3n) is 4.40. The van der Waals surface area contributed by atoms with Gasteiger partial charge in [0.05, 0.1) is 0 Å². The number of thioether (sulfide) groups is 1. The highest BCUT2D eigenvalue weighted by atomic mass is 32.2. The SMILES string of the molecule is CSC(C(=O)NC1CC2CCC(C1)N2)c1ccccc1. The van der Waals surface area contributed by atoms with Crippen LogP contribution in [-0.2, 0) is 4.79 Å². The quantitative estimate of drug-likeness (QED) is 0.895. The number of rotatable bonds is 4. The first-order valence-corrected chi connectivity index (χ1v) is 8.69. The molecular formula is C16H22N2OS. The number of amides is 1. The molecule has 0 aromatic heterocycles. The van der Waals surface area contributed by atoms with Gasteiger partial charge in [0.2, 0.25) is 5.91 Å². The minimum Gasteiger partial charge on any atom is -0.352 e. The first-order chi connectivity index (χ1) is 9.76. The van der Waals surface area contributed by atoms with E-state index in [9.17, 15) is 4.79 Å². The molecule has 1 aromatic rings. The van der Waals surface area contributed by atoms with Crippen molar-refractivity contribution in [3.63, 3.8) is 0 Å². The topological polar surface area (TPSA) is 41.1 Å². The fourth-order valence-corrected chi connectivity index (χ4v) is 4.19. The van der Waals surface area contributed by atoms with Crippen LogP contribution in [0.1, 0.15) is 36.5 Å². The summed E-state index contributed by atoms with van der Waals surface area (Å²) in [6, 6.07) is 11.6. The Kier molecular flexibility index (Phi) is 4.32. The van der Waals surface area contributed by atoms with Crippen molar-refractivity contribution in [1.82, 2.24) is 10.6 Å². The van der Waals surface area contributed by atoms with E-state index in [0.29, 0.717) is 18.1 Å². The molecule has 2 heterocycles. The third kappa shape index (κ3) is 3.01. The van der Waals surface area contributed by atoms with Crippen LogP contribution in [0.25, 0.3) is 0 Å². The van der Waals surface area contributed by atoms with Crippen LogP contribution >= 0.6 is 11.8 Å². The molecule has 20 heavy (non-hydrogen) atoms. The van der Waals surface area contributed by atoms with Gasteiger partial charge in [-0.05, 0) is 37.5 Å². The normalized spacial score (nSPS) is 29.9. The van der Waals surface area contributed by atoms with Crippen LogP contribution in [0, 0.1) is 0 Å². The van der Waals surface area contributed by atoms with Crippen molar-refractivity contribution in [2.75, 3.05) is 6.26 Å². The number of piperidine rings is 1. The highest BCUT2D eigenvalue weighted by molar-refractivity contribution is 7.99. The van der Waals surface area contributed by atoms with Crippen molar-refractivity contribution in [1.29, 1.82) is 0 Å². The highest BCUT2D eigenvalue weighted by Gasteiger charge is 2.34. The average Bonchev–Trinajstić information content (AvgIpc) is 2.80. The molecule has 1 aromatic carbocycles. The van der Waals surface area contributed by atoms with Crippen LogP contribution in [0.2, 0.25) is 0 Å². The van der Waals surface area contributed by atoms with Crippen molar-refractivity contribution in [2.45, 2.75) is 49.1 Å². The summed E-state index contributed by atoms with van der Waals surface area (Å²) in [6.45, 7) is 0. The summed E-state index contributed by atoms with van der Waals surface area (Å²) < 4.78 is 0. The zero-order valence-electron chi connectivity index (χ0n) is 11.8. The van der Waals surface area contributed by atoms with Gasteiger partial charge in [-0.15, -0.1) is 11.8 Å². The van der Waals surface area contributed by atoms with Gasteiger partial charge >= 0.3 is 0 Å². The molecule has 0 saturated carbocycles. The Morgan fingerprint density at radius 3 is 2.50 bits per heavy atom. The fourth-order valence-electron chi connectivity index (χ4n) is 3.47. The van der Waals surface area contributed by atoms with E-state index in [4.69, 9.17) is 0 Å². The average molecular weight is 290 g/mol. The zero-order chi connectivity index (χ0) is 13.9. The van der Waals surface area contributed by atoms with E-state index < -0.39 is 0 Å². The van der Waals surface area contributed by atoms with Gasteiger partial charge in [-0.2, -0.15) is 0 Å². The number of carbonyl (C=O) groups is 1. The maximum Gasteiger partial charge on any atom is 0.237 e. The van der Waals surface area contributed by atoms with Crippen LogP contribution in [-0.4, -0.2) is 30.3 Å². The van der Waals surface area contributed by atoms with E-state index in [2.05, 4.69) is 10.6 Å². The van der Waals surface area contributed by atoms with Gasteiger partial charge in [0.15, 0.2) is 0 Å². The molecule has 0 spiro atoms.